The van der Waals surface area contributed by atoms with Gasteiger partial charge in [0.25, 0.3) is 5.91 Å². The first-order valence-electron chi connectivity index (χ1n) is 11.1. The maximum absolute atomic E-state index is 12.6. The number of aryl methyl sites for hydroxylation is 1. The lowest BCUT2D eigenvalue weighted by molar-refractivity contribution is 0.0976. The van der Waals surface area contributed by atoms with E-state index in [1.165, 1.54) is 12.3 Å². The van der Waals surface area contributed by atoms with Crippen molar-refractivity contribution in [3.05, 3.63) is 46.6 Å². The number of carbonyl (C=O) groups excluding carboxylic acids is 2. The van der Waals surface area contributed by atoms with Crippen LogP contribution in [-0.4, -0.2) is 52.3 Å². The fourth-order valence-corrected chi connectivity index (χ4v) is 4.60. The van der Waals surface area contributed by atoms with Crippen molar-refractivity contribution >= 4 is 50.5 Å². The number of fused-ring (bicyclic) bond motifs is 1. The van der Waals surface area contributed by atoms with E-state index in [2.05, 4.69) is 25.0 Å². The molecule has 13 heteroatoms. The van der Waals surface area contributed by atoms with E-state index < -0.39 is 22.0 Å². The number of hydrogen-bond donors (Lipinski definition) is 2. The molecule has 2 amide bonds. The van der Waals surface area contributed by atoms with Crippen LogP contribution in [0.15, 0.2) is 24.4 Å². The molecule has 3 rings (SSSR count). The fraction of sp³-hybridized carbons (Fsp3) is 0.409. The molecule has 0 aromatic carbocycles. The summed E-state index contributed by atoms with van der Waals surface area (Å²) < 4.78 is 33.0. The molecule has 0 aliphatic rings. The van der Waals surface area contributed by atoms with E-state index >= 15 is 0 Å². The molecule has 2 N–H and O–H groups in total. The Morgan fingerprint density at radius 3 is 2.63 bits per heavy atom. The predicted octanol–water partition coefficient (Wildman–Crippen LogP) is 3.65. The smallest absolute Gasteiger partial charge is 0.411 e. The molecule has 3 aromatic heterocycles. The van der Waals surface area contributed by atoms with Gasteiger partial charge in [-0.2, -0.15) is 0 Å². The minimum atomic E-state index is -3.76. The zero-order valence-corrected chi connectivity index (χ0v) is 21.2. The van der Waals surface area contributed by atoms with Crippen molar-refractivity contribution in [3.8, 4) is 0 Å². The Morgan fingerprint density at radius 1 is 1.17 bits per heavy atom. The molecule has 3 heterocycles. The predicted molar refractivity (Wildman–Crippen MR) is 132 cm³/mol. The van der Waals surface area contributed by atoms with Crippen molar-refractivity contribution in [2.24, 2.45) is 0 Å². The monoisotopic (exact) mass is 522 g/mol. The number of aromatic nitrogens is 4. The van der Waals surface area contributed by atoms with Crippen LogP contribution in [0.5, 0.6) is 0 Å². The van der Waals surface area contributed by atoms with Gasteiger partial charge in [0.05, 0.1) is 41.5 Å². The van der Waals surface area contributed by atoms with Crippen LogP contribution in [0.2, 0.25) is 5.02 Å². The van der Waals surface area contributed by atoms with Gasteiger partial charge in [-0.1, -0.05) is 31.4 Å². The molecule has 0 fully saturated rings. The van der Waals surface area contributed by atoms with Gasteiger partial charge < -0.3 is 9.30 Å². The molecule has 0 bridgehead atoms. The van der Waals surface area contributed by atoms with Crippen LogP contribution in [0.3, 0.4) is 0 Å². The lowest BCUT2D eigenvalue weighted by Gasteiger charge is -2.10. The lowest BCUT2D eigenvalue weighted by atomic mass is 10.3. The van der Waals surface area contributed by atoms with Crippen LogP contribution < -0.4 is 10.0 Å². The Labute approximate surface area is 208 Å². The van der Waals surface area contributed by atoms with Gasteiger partial charge in [0.15, 0.2) is 5.65 Å². The topological polar surface area (TPSA) is 145 Å². The number of amides is 2. The number of ether oxygens (including phenoxy) is 1. The summed E-state index contributed by atoms with van der Waals surface area (Å²) in [5, 5.41) is 2.83. The van der Waals surface area contributed by atoms with Crippen molar-refractivity contribution < 1.29 is 22.7 Å². The molecule has 3 aromatic rings. The lowest BCUT2D eigenvalue weighted by Crippen LogP contribution is -2.33. The third-order valence-electron chi connectivity index (χ3n) is 5.03. The van der Waals surface area contributed by atoms with Gasteiger partial charge in [0, 0.05) is 0 Å². The third-order valence-corrected chi connectivity index (χ3v) is 6.68. The zero-order chi connectivity index (χ0) is 25.6. The van der Waals surface area contributed by atoms with Crippen LogP contribution in [-0.2, 0) is 21.3 Å². The molecule has 0 saturated carbocycles. The molecule has 35 heavy (non-hydrogen) atoms. The number of halogens is 1. The first-order chi connectivity index (χ1) is 16.6. The van der Waals surface area contributed by atoms with Gasteiger partial charge in [0.1, 0.15) is 17.0 Å². The summed E-state index contributed by atoms with van der Waals surface area (Å²) >= 11 is 6.38. The number of nitrogens with zero attached hydrogens (tertiary/aromatic N) is 4. The number of rotatable bonds is 10. The number of unbranched alkanes of at least 4 members (excludes halogenated alkanes) is 2. The average Bonchev–Trinajstić information content (AvgIpc) is 3.09. The summed E-state index contributed by atoms with van der Waals surface area (Å²) in [7, 11) is -3.76. The van der Waals surface area contributed by atoms with Crippen molar-refractivity contribution in [1.29, 1.82) is 0 Å². The zero-order valence-electron chi connectivity index (χ0n) is 19.7. The summed E-state index contributed by atoms with van der Waals surface area (Å²) in [6.45, 7) is 5.85. The highest BCUT2D eigenvalue weighted by Crippen LogP contribution is 2.22. The summed E-state index contributed by atoms with van der Waals surface area (Å²) in [6.07, 6.45) is 2.93. The van der Waals surface area contributed by atoms with Gasteiger partial charge in [-0.05, 0) is 38.5 Å². The third kappa shape index (κ3) is 6.89. The summed E-state index contributed by atoms with van der Waals surface area (Å²) in [4.78, 5) is 37.3. The number of anilines is 1. The van der Waals surface area contributed by atoms with Crippen molar-refractivity contribution in [1.82, 2.24) is 24.2 Å². The van der Waals surface area contributed by atoms with Crippen LogP contribution in [0, 0.1) is 6.92 Å². The van der Waals surface area contributed by atoms with E-state index in [0.29, 0.717) is 39.8 Å². The number of nitrogens with one attached hydrogen (secondary N) is 2. The highest BCUT2D eigenvalue weighted by Gasteiger charge is 2.19. The molecule has 188 valence electrons. The quantitative estimate of drug-likeness (QED) is 0.384. The second-order valence-electron chi connectivity index (χ2n) is 7.74. The standard InChI is InChI=1S/C22H27ClN6O5S/c1-4-6-7-10-35(32,33)28-21(30)18-9-8-17-20(27-18)29(14(3)25-17)13-19-16(23)11-15(12-24-19)26-22(31)34-5-2/h8-9,11-12H,4-7,10,13H2,1-3H3,(H,26,31)(H,28,30). The largest absolute Gasteiger partial charge is 0.450 e. The Balaban J connectivity index is 1.82. The van der Waals surface area contributed by atoms with Gasteiger partial charge in [0.2, 0.25) is 10.0 Å². The number of carbonyl (C=O) groups is 2. The molecule has 0 unspecified atom stereocenters. The Kier molecular flexibility index (Phi) is 8.62. The second kappa shape index (κ2) is 11.5. The molecular formula is C22H27ClN6O5S. The van der Waals surface area contributed by atoms with Crippen LogP contribution in [0.4, 0.5) is 10.5 Å². The summed E-state index contributed by atoms with van der Waals surface area (Å²) in [5.74, 6) is -0.333. The Bertz CT molecular complexity index is 1340. The molecule has 0 radical (unpaired) electrons. The minimum Gasteiger partial charge on any atom is -0.450 e. The van der Waals surface area contributed by atoms with Crippen molar-refractivity contribution in [3.63, 3.8) is 0 Å². The van der Waals surface area contributed by atoms with E-state index in [1.807, 2.05) is 6.92 Å². The molecule has 11 nitrogen and oxygen atoms in total. The fourth-order valence-electron chi connectivity index (χ4n) is 3.30. The molecule has 0 atom stereocenters. The van der Waals surface area contributed by atoms with E-state index in [-0.39, 0.29) is 24.6 Å². The normalized spacial score (nSPS) is 11.4. The van der Waals surface area contributed by atoms with Gasteiger partial charge in [-0.15, -0.1) is 0 Å². The highest BCUT2D eigenvalue weighted by molar-refractivity contribution is 7.90. The van der Waals surface area contributed by atoms with E-state index in [0.717, 1.165) is 12.8 Å². The van der Waals surface area contributed by atoms with Crippen LogP contribution in [0.25, 0.3) is 11.2 Å². The van der Waals surface area contributed by atoms with E-state index in [1.54, 1.807) is 30.5 Å². The first-order valence-corrected chi connectivity index (χ1v) is 13.1. The molecule has 0 saturated heterocycles. The highest BCUT2D eigenvalue weighted by atomic mass is 35.5. The van der Waals surface area contributed by atoms with Crippen LogP contribution >= 0.6 is 11.6 Å². The Morgan fingerprint density at radius 2 is 1.94 bits per heavy atom. The molecular weight excluding hydrogens is 496 g/mol. The number of sulfonamides is 1. The van der Waals surface area contributed by atoms with E-state index in [9.17, 15) is 18.0 Å². The summed E-state index contributed by atoms with van der Waals surface area (Å²) in [6, 6.07) is 4.58. The number of imidazole rings is 1. The van der Waals surface area contributed by atoms with Gasteiger partial charge in [-0.25, -0.2) is 27.9 Å². The molecule has 0 aliphatic heterocycles. The van der Waals surface area contributed by atoms with Gasteiger partial charge >= 0.3 is 6.09 Å². The maximum Gasteiger partial charge on any atom is 0.411 e. The maximum atomic E-state index is 12.6. The van der Waals surface area contributed by atoms with Crippen LogP contribution in [0.1, 0.15) is 55.1 Å². The van der Waals surface area contributed by atoms with Crippen molar-refractivity contribution in [2.45, 2.75) is 46.6 Å². The summed E-state index contributed by atoms with van der Waals surface area (Å²) in [5.41, 5.74) is 1.72. The minimum absolute atomic E-state index is 0.0502. The number of hydrogen-bond acceptors (Lipinski definition) is 8. The average molecular weight is 523 g/mol. The molecule has 0 spiro atoms. The van der Waals surface area contributed by atoms with Crippen molar-refractivity contribution in [2.75, 3.05) is 17.7 Å². The molecule has 0 aliphatic carbocycles. The first kappa shape index (κ1) is 26.4. The van der Waals surface area contributed by atoms with E-state index in [4.69, 9.17) is 16.3 Å². The SMILES string of the molecule is CCCCCS(=O)(=O)NC(=O)c1ccc2nc(C)n(Cc3ncc(NC(=O)OCC)cc3Cl)c2n1. The Hall–Kier alpha value is -3.25. The van der Waals surface area contributed by atoms with Gasteiger partial charge in [-0.3, -0.25) is 15.1 Å². The second-order valence-corrected chi connectivity index (χ2v) is 9.99. The number of pyridine rings is 2.